The normalized spacial score (nSPS) is 47.2. The Morgan fingerprint density at radius 2 is 1.85 bits per heavy atom. The van der Waals surface area contributed by atoms with Crippen LogP contribution >= 0.6 is 0 Å². The molecule has 0 bridgehead atoms. The molecular formula is C23H34O3. The van der Waals surface area contributed by atoms with Crippen molar-refractivity contribution in [3.63, 3.8) is 0 Å². The Hall–Kier alpha value is -1.12. The molecular weight excluding hydrogens is 324 g/mol. The van der Waals surface area contributed by atoms with Gasteiger partial charge >= 0.3 is 5.97 Å². The van der Waals surface area contributed by atoms with Gasteiger partial charge in [0.05, 0.1) is 0 Å². The number of carbonyl (C=O) groups is 2. The highest BCUT2D eigenvalue weighted by Crippen LogP contribution is 2.66. The van der Waals surface area contributed by atoms with Crippen molar-refractivity contribution < 1.29 is 14.3 Å². The molecule has 0 unspecified atom stereocenters. The fourth-order valence-electron chi connectivity index (χ4n) is 7.51. The van der Waals surface area contributed by atoms with Crippen LogP contribution < -0.4 is 0 Å². The van der Waals surface area contributed by atoms with Crippen LogP contribution in [0.4, 0.5) is 0 Å². The van der Waals surface area contributed by atoms with Crippen LogP contribution in [0.15, 0.2) is 11.6 Å². The van der Waals surface area contributed by atoms with Crippen molar-refractivity contribution in [1.82, 2.24) is 0 Å². The number of carbonyl (C=O) groups excluding carboxylic acids is 2. The van der Waals surface area contributed by atoms with E-state index in [1.807, 2.05) is 0 Å². The van der Waals surface area contributed by atoms with E-state index in [4.69, 9.17) is 4.74 Å². The van der Waals surface area contributed by atoms with Gasteiger partial charge in [-0.15, -0.1) is 0 Å². The minimum absolute atomic E-state index is 0.116. The van der Waals surface area contributed by atoms with E-state index in [0.29, 0.717) is 23.0 Å². The van der Waals surface area contributed by atoms with Crippen molar-refractivity contribution >= 4 is 11.8 Å². The first-order valence-corrected chi connectivity index (χ1v) is 10.6. The second-order valence-corrected chi connectivity index (χ2v) is 10.0. The number of allylic oxidation sites excluding steroid dienone is 2. The Labute approximate surface area is 157 Å². The molecule has 0 spiro atoms. The summed E-state index contributed by atoms with van der Waals surface area (Å²) in [6.45, 7) is 8.19. The van der Waals surface area contributed by atoms with Crippen LogP contribution in [0.25, 0.3) is 0 Å². The van der Waals surface area contributed by atoms with Gasteiger partial charge < -0.3 is 4.74 Å². The lowest BCUT2D eigenvalue weighted by molar-refractivity contribution is -0.155. The Morgan fingerprint density at radius 1 is 1.08 bits per heavy atom. The van der Waals surface area contributed by atoms with Gasteiger partial charge in [-0.05, 0) is 86.9 Å². The van der Waals surface area contributed by atoms with E-state index in [-0.39, 0.29) is 23.4 Å². The molecule has 0 aromatic heterocycles. The predicted molar refractivity (Wildman–Crippen MR) is 101 cm³/mol. The highest BCUT2D eigenvalue weighted by atomic mass is 16.5. The van der Waals surface area contributed by atoms with Crippen LogP contribution in [0.2, 0.25) is 0 Å². The summed E-state index contributed by atoms with van der Waals surface area (Å²) in [5.74, 6) is 2.54. The number of ether oxygens (including phenoxy) is 1. The average molecular weight is 359 g/mol. The summed E-state index contributed by atoms with van der Waals surface area (Å²) in [7, 11) is 0. The minimum Gasteiger partial charge on any atom is -0.463 e. The molecule has 4 rings (SSSR count). The molecule has 3 saturated carbocycles. The lowest BCUT2D eigenvalue weighted by Crippen LogP contribution is -2.52. The third-order valence-corrected chi connectivity index (χ3v) is 8.84. The second-order valence-electron chi connectivity index (χ2n) is 10.0. The van der Waals surface area contributed by atoms with E-state index in [1.54, 1.807) is 12.5 Å². The van der Waals surface area contributed by atoms with Gasteiger partial charge in [0.2, 0.25) is 0 Å². The zero-order valence-electron chi connectivity index (χ0n) is 16.8. The Morgan fingerprint density at radius 3 is 2.54 bits per heavy atom. The lowest BCUT2D eigenvalue weighted by Gasteiger charge is -2.59. The first kappa shape index (κ1) is 18.3. The van der Waals surface area contributed by atoms with E-state index in [0.717, 1.165) is 25.2 Å². The third kappa shape index (κ3) is 2.60. The van der Waals surface area contributed by atoms with Crippen molar-refractivity contribution in [2.45, 2.75) is 85.2 Å². The number of hydrogen-bond acceptors (Lipinski definition) is 3. The summed E-state index contributed by atoms with van der Waals surface area (Å²) in [5.41, 5.74) is 2.11. The van der Waals surface area contributed by atoms with E-state index in [9.17, 15) is 9.59 Å². The van der Waals surface area contributed by atoms with Gasteiger partial charge in [0.1, 0.15) is 11.9 Å². The molecule has 0 radical (unpaired) electrons. The molecule has 3 heteroatoms. The van der Waals surface area contributed by atoms with Gasteiger partial charge in [-0.2, -0.15) is 0 Å². The minimum atomic E-state index is -0.132. The monoisotopic (exact) mass is 358 g/mol. The van der Waals surface area contributed by atoms with Gasteiger partial charge in [0.15, 0.2) is 0 Å². The highest BCUT2D eigenvalue weighted by molar-refractivity contribution is 5.80. The summed E-state index contributed by atoms with van der Waals surface area (Å²) < 4.78 is 5.56. The number of fused-ring (bicyclic) bond motifs is 5. The highest BCUT2D eigenvalue weighted by Gasteiger charge is 2.58. The van der Waals surface area contributed by atoms with Crippen LogP contribution in [0, 0.1) is 34.5 Å². The molecule has 4 aliphatic rings. The largest absolute Gasteiger partial charge is 0.463 e. The van der Waals surface area contributed by atoms with E-state index in [1.165, 1.54) is 39.0 Å². The molecule has 0 N–H and O–H groups in total. The SMILES string of the molecule is CC(=O)O[C@H]1CC[C@@]2(C)[C@H](CC[C@H]3C4=CC[C@H](C(C)=O)[C@@]4(C)CC[C@@H]32)C1. The molecule has 26 heavy (non-hydrogen) atoms. The first-order valence-electron chi connectivity index (χ1n) is 10.6. The standard InChI is InChI=1S/C23H34O3/c1-14(24)19-7-8-20-18-6-5-16-13-17(26-15(2)25)9-11-22(16,3)21(18)10-12-23(19,20)4/h8,16-19,21H,5-7,9-13H2,1-4H3/t16-,17+,18+,19-,21+,22+,23-/m1/s1. The lowest BCUT2D eigenvalue weighted by atomic mass is 9.46. The summed E-state index contributed by atoms with van der Waals surface area (Å²) in [6.07, 6.45) is 11.7. The Kier molecular flexibility index (Phi) is 4.36. The smallest absolute Gasteiger partial charge is 0.302 e. The number of rotatable bonds is 2. The molecule has 0 aromatic carbocycles. The van der Waals surface area contributed by atoms with Crippen LogP contribution in [0.1, 0.15) is 79.1 Å². The van der Waals surface area contributed by atoms with Gasteiger partial charge in [-0.1, -0.05) is 25.5 Å². The Balaban J connectivity index is 1.56. The zero-order valence-corrected chi connectivity index (χ0v) is 16.8. The van der Waals surface area contributed by atoms with E-state index < -0.39 is 0 Å². The average Bonchev–Trinajstić information content (AvgIpc) is 2.92. The maximum atomic E-state index is 12.2. The fourth-order valence-corrected chi connectivity index (χ4v) is 7.51. The fraction of sp³-hybridized carbons (Fsp3) is 0.826. The van der Waals surface area contributed by atoms with Crippen LogP contribution in [0.3, 0.4) is 0 Å². The molecule has 0 heterocycles. The number of ketones is 1. The van der Waals surface area contributed by atoms with Crippen molar-refractivity contribution in [3.05, 3.63) is 11.6 Å². The molecule has 7 atom stereocenters. The van der Waals surface area contributed by atoms with Crippen molar-refractivity contribution in [1.29, 1.82) is 0 Å². The van der Waals surface area contributed by atoms with Crippen molar-refractivity contribution in [3.8, 4) is 0 Å². The second kappa shape index (κ2) is 6.21. The van der Waals surface area contributed by atoms with Crippen LogP contribution in [-0.2, 0) is 14.3 Å². The van der Waals surface area contributed by atoms with E-state index >= 15 is 0 Å². The molecule has 4 aliphatic carbocycles. The molecule has 0 aliphatic heterocycles. The Bertz CT molecular complexity index is 650. The maximum absolute atomic E-state index is 12.2. The van der Waals surface area contributed by atoms with Crippen LogP contribution in [-0.4, -0.2) is 17.9 Å². The summed E-state index contributed by atoms with van der Waals surface area (Å²) >= 11 is 0. The zero-order chi connectivity index (χ0) is 18.7. The first-order chi connectivity index (χ1) is 12.3. The summed E-state index contributed by atoms with van der Waals surface area (Å²) in [6, 6.07) is 0. The quantitative estimate of drug-likeness (QED) is 0.510. The van der Waals surface area contributed by atoms with Crippen molar-refractivity contribution in [2.24, 2.45) is 34.5 Å². The molecule has 0 saturated heterocycles. The number of esters is 1. The van der Waals surface area contributed by atoms with E-state index in [2.05, 4.69) is 19.9 Å². The van der Waals surface area contributed by atoms with Gasteiger partial charge in [-0.3, -0.25) is 9.59 Å². The molecule has 144 valence electrons. The van der Waals surface area contributed by atoms with Gasteiger partial charge in [0.25, 0.3) is 0 Å². The molecule has 3 nitrogen and oxygen atoms in total. The molecule has 3 fully saturated rings. The number of Topliss-reactive ketones (excluding diaryl/α,β-unsaturated/α-hetero) is 1. The topological polar surface area (TPSA) is 43.4 Å². The van der Waals surface area contributed by atoms with Gasteiger partial charge in [0, 0.05) is 12.8 Å². The van der Waals surface area contributed by atoms with Crippen LogP contribution in [0.5, 0.6) is 0 Å². The maximum Gasteiger partial charge on any atom is 0.302 e. The summed E-state index contributed by atoms with van der Waals surface area (Å²) in [4.78, 5) is 23.6. The predicted octanol–water partition coefficient (Wildman–Crippen LogP) is 5.09. The molecule has 0 amide bonds. The van der Waals surface area contributed by atoms with Crippen molar-refractivity contribution in [2.75, 3.05) is 0 Å². The number of hydrogen-bond donors (Lipinski definition) is 0. The third-order valence-electron chi connectivity index (χ3n) is 8.84. The molecule has 0 aromatic rings. The summed E-state index contributed by atoms with van der Waals surface area (Å²) in [5, 5.41) is 0. The van der Waals surface area contributed by atoms with Gasteiger partial charge in [-0.25, -0.2) is 0 Å².